The van der Waals surface area contributed by atoms with Crippen molar-refractivity contribution in [2.75, 3.05) is 19.8 Å². The molecule has 6 atom stereocenters. The van der Waals surface area contributed by atoms with Crippen LogP contribution in [0.2, 0.25) is 0 Å². The van der Waals surface area contributed by atoms with E-state index in [1.807, 2.05) is 12.2 Å². The van der Waals surface area contributed by atoms with Gasteiger partial charge in [0.15, 0.2) is 0 Å². The van der Waals surface area contributed by atoms with Gasteiger partial charge in [0.05, 0.1) is 13.2 Å². The molecule has 0 radical (unpaired) electrons. The zero-order valence-electron chi connectivity index (χ0n) is 42.8. The normalized spacial score (nSPS) is 21.9. The Morgan fingerprint density at radius 1 is 0.471 bits per heavy atom. The maximum absolute atomic E-state index is 12.9. The number of esters is 1. The molecule has 0 saturated heterocycles. The molecule has 1 aliphatic carbocycles. The first-order valence-corrected chi connectivity index (χ1v) is 27.9. The van der Waals surface area contributed by atoms with Crippen LogP contribution in [0.5, 0.6) is 0 Å². The van der Waals surface area contributed by atoms with Gasteiger partial charge in [-0.25, -0.2) is 4.57 Å². The standard InChI is InChI=1S/C57H93O12P/c1-3-5-7-9-11-13-15-17-19-21-23-25-26-27-28-30-32-34-36-38-40-42-44-46-51(58)68-50(49-67-70(64,65)69-57-55(62)53(60)52(59)54(61)56(57)63)48-66-47-45-43-41-39-37-35-33-31-29-24-22-20-18-16-14-12-10-8-6-4-2/h5,7,11-14,17-20,23-25,27-29,32,34,38,40,50,52-57,59-63H,3-4,6,8-10,15-16,21-22,26,30-31,33,35-37,39,41-49H2,1-2H3,(H,64,65)/b7-5-,13-11-,14-12-,19-17-,20-18-,25-23-,28-27-,29-24-,34-32-,40-38-. The summed E-state index contributed by atoms with van der Waals surface area (Å²) in [4.78, 5) is 23.2. The largest absolute Gasteiger partial charge is 0.472 e. The topological polar surface area (TPSA) is 192 Å². The highest BCUT2D eigenvalue weighted by atomic mass is 31.2. The highest BCUT2D eigenvalue weighted by Crippen LogP contribution is 2.47. The molecule has 1 aliphatic rings. The van der Waals surface area contributed by atoms with Crippen LogP contribution in [0, 0.1) is 0 Å². The molecule has 0 aromatic rings. The third-order valence-electron chi connectivity index (χ3n) is 11.3. The van der Waals surface area contributed by atoms with Gasteiger partial charge in [0.25, 0.3) is 0 Å². The number of hydrogen-bond acceptors (Lipinski definition) is 11. The zero-order valence-corrected chi connectivity index (χ0v) is 43.7. The van der Waals surface area contributed by atoms with Crippen LogP contribution in [-0.2, 0) is 27.9 Å². The number of ether oxygens (including phenoxy) is 2. The van der Waals surface area contributed by atoms with Gasteiger partial charge in [-0.05, 0) is 103 Å². The molecule has 0 bridgehead atoms. The van der Waals surface area contributed by atoms with E-state index < -0.39 is 63.1 Å². The molecule has 6 unspecified atom stereocenters. The number of unbranched alkanes of at least 4 members (excludes halogenated alkanes) is 11. The van der Waals surface area contributed by atoms with Gasteiger partial charge in [-0.1, -0.05) is 180 Å². The third-order valence-corrected chi connectivity index (χ3v) is 12.3. The number of aliphatic hydroxyl groups is 5. The zero-order chi connectivity index (χ0) is 51.2. The van der Waals surface area contributed by atoms with Crippen LogP contribution in [0.25, 0.3) is 0 Å². The summed E-state index contributed by atoms with van der Waals surface area (Å²) in [6.07, 6.45) is 54.0. The fraction of sp³-hybridized carbons (Fsp3) is 0.632. The minimum absolute atomic E-state index is 0.0948. The molecule has 1 saturated carbocycles. The van der Waals surface area contributed by atoms with E-state index in [2.05, 4.69) is 123 Å². The summed E-state index contributed by atoms with van der Waals surface area (Å²) in [7, 11) is -5.05. The second-order valence-electron chi connectivity index (χ2n) is 17.6. The van der Waals surface area contributed by atoms with Crippen molar-refractivity contribution in [1.82, 2.24) is 0 Å². The lowest BCUT2D eigenvalue weighted by molar-refractivity contribution is -0.220. The summed E-state index contributed by atoms with van der Waals surface area (Å²) in [6.45, 7) is 4.02. The van der Waals surface area contributed by atoms with Gasteiger partial charge < -0.3 is 39.9 Å². The average molecular weight is 1000 g/mol. The number of carbonyl (C=O) groups is 1. The molecule has 70 heavy (non-hydrogen) atoms. The maximum atomic E-state index is 12.9. The van der Waals surface area contributed by atoms with Crippen LogP contribution in [0.4, 0.5) is 0 Å². The fourth-order valence-electron chi connectivity index (χ4n) is 7.17. The van der Waals surface area contributed by atoms with E-state index in [1.165, 1.54) is 44.9 Å². The van der Waals surface area contributed by atoms with Crippen molar-refractivity contribution in [3.05, 3.63) is 122 Å². The van der Waals surface area contributed by atoms with Crippen LogP contribution in [-0.4, -0.2) is 98.9 Å². The lowest BCUT2D eigenvalue weighted by Crippen LogP contribution is -2.64. The summed E-state index contributed by atoms with van der Waals surface area (Å²) >= 11 is 0. The smallest absolute Gasteiger partial charge is 0.457 e. The molecule has 0 aromatic carbocycles. The van der Waals surface area contributed by atoms with Gasteiger partial charge in [0, 0.05) is 13.0 Å². The molecule has 13 heteroatoms. The number of rotatable bonds is 43. The van der Waals surface area contributed by atoms with E-state index in [1.54, 1.807) is 0 Å². The lowest BCUT2D eigenvalue weighted by Gasteiger charge is -2.41. The second-order valence-corrected chi connectivity index (χ2v) is 19.0. The minimum Gasteiger partial charge on any atom is -0.457 e. The Bertz CT molecular complexity index is 1610. The highest BCUT2D eigenvalue weighted by molar-refractivity contribution is 7.47. The van der Waals surface area contributed by atoms with E-state index in [9.17, 15) is 39.8 Å². The number of aliphatic hydroxyl groups excluding tert-OH is 5. The Balaban J connectivity index is 2.41. The number of hydrogen-bond donors (Lipinski definition) is 6. The summed E-state index contributed by atoms with van der Waals surface area (Å²) < 4.78 is 34.2. The molecule has 0 heterocycles. The quantitative estimate of drug-likeness (QED) is 0.0147. The van der Waals surface area contributed by atoms with E-state index in [0.717, 1.165) is 89.9 Å². The van der Waals surface area contributed by atoms with Crippen LogP contribution in [0.1, 0.15) is 168 Å². The molecule has 12 nitrogen and oxygen atoms in total. The first-order chi connectivity index (χ1) is 34.0. The summed E-state index contributed by atoms with van der Waals surface area (Å²) in [5.74, 6) is -0.543. The van der Waals surface area contributed by atoms with Crippen molar-refractivity contribution < 1.29 is 58.3 Å². The van der Waals surface area contributed by atoms with Crippen molar-refractivity contribution in [1.29, 1.82) is 0 Å². The molecule has 1 fully saturated rings. The van der Waals surface area contributed by atoms with Gasteiger partial charge >= 0.3 is 13.8 Å². The van der Waals surface area contributed by atoms with E-state index >= 15 is 0 Å². The van der Waals surface area contributed by atoms with Crippen LogP contribution in [0.3, 0.4) is 0 Å². The van der Waals surface area contributed by atoms with Gasteiger partial charge in [0.2, 0.25) is 0 Å². The highest BCUT2D eigenvalue weighted by Gasteiger charge is 2.51. The SMILES string of the molecule is CC/C=C\C/C=C\C/C=C\C/C=C\C/C=C\C/C=C\C/C=C\CCCC(=O)OC(COCCCCCCCCC/C=C\C/C=C\C/C=C\CCCCC)COP(=O)(O)OC1C(O)C(O)C(O)C(O)C1O. The van der Waals surface area contributed by atoms with Crippen LogP contribution >= 0.6 is 7.82 Å². The summed E-state index contributed by atoms with van der Waals surface area (Å²) in [6, 6.07) is 0. The monoisotopic (exact) mass is 1000 g/mol. The predicted octanol–water partition coefficient (Wildman–Crippen LogP) is 12.2. The number of carbonyl (C=O) groups excluding carboxylic acids is 1. The van der Waals surface area contributed by atoms with Crippen molar-refractivity contribution in [3.63, 3.8) is 0 Å². The molecule has 398 valence electrons. The van der Waals surface area contributed by atoms with Crippen LogP contribution in [0.15, 0.2) is 122 Å². The van der Waals surface area contributed by atoms with Crippen molar-refractivity contribution in [2.24, 2.45) is 0 Å². The minimum atomic E-state index is -5.05. The lowest BCUT2D eigenvalue weighted by atomic mass is 9.85. The Morgan fingerprint density at radius 3 is 1.29 bits per heavy atom. The van der Waals surface area contributed by atoms with Crippen LogP contribution < -0.4 is 0 Å². The number of phosphoric ester groups is 1. The number of allylic oxidation sites excluding steroid dienone is 20. The molecule has 0 aliphatic heterocycles. The van der Waals surface area contributed by atoms with Gasteiger partial charge in [0.1, 0.15) is 42.7 Å². The summed E-state index contributed by atoms with van der Waals surface area (Å²) in [5, 5.41) is 50.3. The van der Waals surface area contributed by atoms with Crippen molar-refractivity contribution in [2.45, 2.75) is 211 Å². The average Bonchev–Trinajstić information content (AvgIpc) is 3.35. The number of phosphoric acid groups is 1. The van der Waals surface area contributed by atoms with Gasteiger partial charge in [-0.2, -0.15) is 0 Å². The molecular weight excluding hydrogens is 908 g/mol. The first-order valence-electron chi connectivity index (χ1n) is 26.4. The van der Waals surface area contributed by atoms with Crippen molar-refractivity contribution >= 4 is 13.8 Å². The van der Waals surface area contributed by atoms with Crippen molar-refractivity contribution in [3.8, 4) is 0 Å². The predicted molar refractivity (Wildman–Crippen MR) is 285 cm³/mol. The molecule has 0 amide bonds. The Hall–Kier alpha value is -3.26. The summed E-state index contributed by atoms with van der Waals surface area (Å²) in [5.41, 5.74) is 0. The Labute approximate surface area is 422 Å². The molecule has 6 N–H and O–H groups in total. The molecule has 0 aromatic heterocycles. The fourth-order valence-corrected chi connectivity index (χ4v) is 8.15. The molecule has 0 spiro atoms. The Kier molecular flexibility index (Phi) is 42.2. The van der Waals surface area contributed by atoms with Gasteiger partial charge in [-0.3, -0.25) is 13.8 Å². The third kappa shape index (κ3) is 36.6. The first kappa shape index (κ1) is 64.8. The van der Waals surface area contributed by atoms with Gasteiger partial charge in [-0.15, -0.1) is 0 Å². The second kappa shape index (κ2) is 45.6. The molecular formula is C57H93O12P. The molecule has 1 rings (SSSR count). The van der Waals surface area contributed by atoms with E-state index in [0.29, 0.717) is 19.4 Å². The Morgan fingerprint density at radius 2 is 0.843 bits per heavy atom. The van der Waals surface area contributed by atoms with E-state index in [-0.39, 0.29) is 13.0 Å². The van der Waals surface area contributed by atoms with E-state index in [4.69, 9.17) is 18.5 Å². The maximum Gasteiger partial charge on any atom is 0.472 e.